The molecule has 0 radical (unpaired) electrons. The molecule has 0 aromatic carbocycles. The molecule has 0 bridgehead atoms. The normalized spacial score (nSPS) is 9.18. The Hall–Kier alpha value is -1.51. The van der Waals surface area contributed by atoms with E-state index in [0.717, 1.165) is 11.4 Å². The molecule has 0 saturated heterocycles. The highest BCUT2D eigenvalue weighted by molar-refractivity contribution is 5.58. The van der Waals surface area contributed by atoms with Crippen molar-refractivity contribution in [2.45, 2.75) is 0 Å². The van der Waals surface area contributed by atoms with Crippen LogP contribution >= 0.6 is 0 Å². The lowest BCUT2D eigenvalue weighted by molar-refractivity contribution is 1.10. The summed E-state index contributed by atoms with van der Waals surface area (Å²) in [7, 11) is 1.81. The van der Waals surface area contributed by atoms with Gasteiger partial charge in [0.2, 0.25) is 0 Å². The van der Waals surface area contributed by atoms with Crippen LogP contribution < -0.4 is 11.1 Å². The summed E-state index contributed by atoms with van der Waals surface area (Å²) in [6.07, 6.45) is 1.61. The molecule has 0 spiro atoms. The van der Waals surface area contributed by atoms with Gasteiger partial charge in [-0.05, 0) is 12.1 Å². The van der Waals surface area contributed by atoms with E-state index in [9.17, 15) is 0 Å². The summed E-state index contributed by atoms with van der Waals surface area (Å²) in [5.41, 5.74) is 7.74. The predicted octanol–water partition coefficient (Wildman–Crippen LogP) is 0.854. The van der Waals surface area contributed by atoms with Gasteiger partial charge in [0.25, 0.3) is 0 Å². The molecule has 0 amide bonds. The Kier molecular flexibility index (Phi) is 2.11. The largest absolute Gasteiger partial charge is 0.397 e. The molecule has 1 aromatic rings. The van der Waals surface area contributed by atoms with Gasteiger partial charge in [0, 0.05) is 7.05 Å². The second kappa shape index (κ2) is 3.05. The average Bonchev–Trinajstić information content (AvgIpc) is 2.05. The molecular formula is C8H11N3. The molecule has 1 aromatic heterocycles. The molecule has 11 heavy (non-hydrogen) atoms. The highest BCUT2D eigenvalue weighted by Gasteiger charge is 1.95. The Morgan fingerprint density at radius 2 is 2.36 bits per heavy atom. The zero-order valence-electron chi connectivity index (χ0n) is 6.46. The van der Waals surface area contributed by atoms with Gasteiger partial charge in [-0.1, -0.05) is 6.58 Å². The first-order valence-corrected chi connectivity index (χ1v) is 3.32. The van der Waals surface area contributed by atoms with Gasteiger partial charge < -0.3 is 11.1 Å². The fraction of sp³-hybridized carbons (Fsp3) is 0.125. The minimum absolute atomic E-state index is 0.664. The lowest BCUT2D eigenvalue weighted by Gasteiger charge is -2.02. The Bertz CT molecular complexity index is 251. The van der Waals surface area contributed by atoms with Crippen LogP contribution in [0.15, 0.2) is 24.9 Å². The molecule has 1 heterocycles. The minimum atomic E-state index is 0.664. The highest BCUT2D eigenvalue weighted by atomic mass is 14.9. The van der Waals surface area contributed by atoms with E-state index in [-0.39, 0.29) is 0 Å². The Morgan fingerprint density at radius 3 is 2.82 bits per heavy atom. The maximum atomic E-state index is 5.46. The lowest BCUT2D eigenvalue weighted by Crippen LogP contribution is -2.04. The summed E-state index contributed by atoms with van der Waals surface area (Å²) in [5.74, 6) is 0. The Balaban J connectivity index is 2.90. The van der Waals surface area contributed by atoms with Gasteiger partial charge in [-0.2, -0.15) is 0 Å². The second-order valence-corrected chi connectivity index (χ2v) is 2.21. The van der Waals surface area contributed by atoms with Crippen LogP contribution in [-0.4, -0.2) is 12.0 Å². The molecule has 0 fully saturated rings. The van der Waals surface area contributed by atoms with Gasteiger partial charge in [0.1, 0.15) is 0 Å². The number of rotatable bonds is 2. The van der Waals surface area contributed by atoms with Crippen molar-refractivity contribution in [1.29, 1.82) is 0 Å². The first-order valence-electron chi connectivity index (χ1n) is 3.32. The number of hydrogen-bond acceptors (Lipinski definition) is 3. The van der Waals surface area contributed by atoms with Gasteiger partial charge in [-0.15, -0.1) is 0 Å². The van der Waals surface area contributed by atoms with Crippen LogP contribution in [0.25, 0.3) is 5.70 Å². The number of nitrogens with zero attached hydrogens (tertiary/aromatic N) is 1. The molecule has 3 N–H and O–H groups in total. The average molecular weight is 149 g/mol. The van der Waals surface area contributed by atoms with E-state index in [1.807, 2.05) is 6.07 Å². The molecule has 0 aliphatic rings. The number of nitrogens with one attached hydrogen (secondary N) is 1. The summed E-state index contributed by atoms with van der Waals surface area (Å²) in [6, 6.07) is 3.62. The van der Waals surface area contributed by atoms with Crippen molar-refractivity contribution in [2.24, 2.45) is 0 Å². The Morgan fingerprint density at radius 1 is 1.64 bits per heavy atom. The number of hydrogen-bond donors (Lipinski definition) is 2. The topological polar surface area (TPSA) is 50.9 Å². The molecule has 0 saturated carbocycles. The fourth-order valence-corrected chi connectivity index (χ4v) is 0.712. The van der Waals surface area contributed by atoms with Crippen molar-refractivity contribution in [3.63, 3.8) is 0 Å². The maximum absolute atomic E-state index is 5.46. The van der Waals surface area contributed by atoms with Gasteiger partial charge in [0.05, 0.1) is 23.3 Å². The number of anilines is 1. The van der Waals surface area contributed by atoms with E-state index < -0.39 is 0 Å². The van der Waals surface area contributed by atoms with Crippen LogP contribution in [-0.2, 0) is 0 Å². The monoisotopic (exact) mass is 149 g/mol. The summed E-state index contributed by atoms with van der Waals surface area (Å²) in [6.45, 7) is 3.76. The number of nitrogens with two attached hydrogens (primary N) is 1. The zero-order chi connectivity index (χ0) is 8.27. The number of aromatic nitrogens is 1. The molecule has 0 aliphatic carbocycles. The molecule has 0 atom stereocenters. The van der Waals surface area contributed by atoms with Crippen molar-refractivity contribution in [3.05, 3.63) is 30.6 Å². The summed E-state index contributed by atoms with van der Waals surface area (Å²) in [4.78, 5) is 4.06. The smallest absolute Gasteiger partial charge is 0.0856 e. The third-order valence-corrected chi connectivity index (χ3v) is 1.40. The van der Waals surface area contributed by atoms with Crippen LogP contribution in [0.1, 0.15) is 5.69 Å². The number of nitrogen functional groups attached to an aromatic ring is 1. The third-order valence-electron chi connectivity index (χ3n) is 1.40. The van der Waals surface area contributed by atoms with Crippen molar-refractivity contribution < 1.29 is 0 Å². The van der Waals surface area contributed by atoms with Gasteiger partial charge >= 0.3 is 0 Å². The van der Waals surface area contributed by atoms with E-state index >= 15 is 0 Å². The lowest BCUT2D eigenvalue weighted by atomic mass is 10.3. The minimum Gasteiger partial charge on any atom is -0.397 e. The van der Waals surface area contributed by atoms with Crippen molar-refractivity contribution in [3.8, 4) is 0 Å². The predicted molar refractivity (Wildman–Crippen MR) is 46.7 cm³/mol. The molecule has 3 heteroatoms. The second-order valence-electron chi connectivity index (χ2n) is 2.21. The van der Waals surface area contributed by atoms with E-state index in [4.69, 9.17) is 5.73 Å². The Labute approximate surface area is 65.9 Å². The van der Waals surface area contributed by atoms with Crippen LogP contribution in [0, 0.1) is 0 Å². The van der Waals surface area contributed by atoms with Crippen molar-refractivity contribution >= 4 is 11.4 Å². The zero-order valence-corrected chi connectivity index (χ0v) is 6.46. The first kappa shape index (κ1) is 7.60. The highest BCUT2D eigenvalue weighted by Crippen LogP contribution is 2.06. The fourth-order valence-electron chi connectivity index (χ4n) is 0.712. The van der Waals surface area contributed by atoms with E-state index in [1.165, 1.54) is 0 Å². The van der Waals surface area contributed by atoms with Crippen LogP contribution in [0.2, 0.25) is 0 Å². The maximum Gasteiger partial charge on any atom is 0.0856 e. The third kappa shape index (κ3) is 1.70. The van der Waals surface area contributed by atoms with Crippen molar-refractivity contribution in [2.75, 3.05) is 12.8 Å². The van der Waals surface area contributed by atoms with E-state index in [1.54, 1.807) is 19.3 Å². The summed E-state index contributed by atoms with van der Waals surface area (Å²) < 4.78 is 0. The molecule has 0 aliphatic heterocycles. The van der Waals surface area contributed by atoms with Gasteiger partial charge in [-0.3, -0.25) is 4.98 Å². The summed E-state index contributed by atoms with van der Waals surface area (Å²) >= 11 is 0. The number of pyridine rings is 1. The standard InChI is InChI=1S/C8H11N3/c1-6(10-2)8-4-3-7(9)5-11-8/h3-5,10H,1,9H2,2H3. The molecule has 3 nitrogen and oxygen atoms in total. The van der Waals surface area contributed by atoms with E-state index in [0.29, 0.717) is 5.69 Å². The van der Waals surface area contributed by atoms with Gasteiger partial charge in [0.15, 0.2) is 0 Å². The molecule has 58 valence electrons. The SMILES string of the molecule is C=C(NC)c1ccc(N)cn1. The van der Waals surface area contributed by atoms with Crippen molar-refractivity contribution in [1.82, 2.24) is 10.3 Å². The molecular weight excluding hydrogens is 138 g/mol. The van der Waals surface area contributed by atoms with Crippen LogP contribution in [0.5, 0.6) is 0 Å². The molecule has 1 rings (SSSR count). The van der Waals surface area contributed by atoms with E-state index in [2.05, 4.69) is 16.9 Å². The quantitative estimate of drug-likeness (QED) is 0.655. The van der Waals surface area contributed by atoms with Crippen LogP contribution in [0.3, 0.4) is 0 Å². The first-order chi connectivity index (χ1) is 5.24. The summed E-state index contributed by atoms with van der Waals surface area (Å²) in [5, 5.41) is 2.90. The molecule has 0 unspecified atom stereocenters. The van der Waals surface area contributed by atoms with Gasteiger partial charge in [-0.25, -0.2) is 0 Å². The van der Waals surface area contributed by atoms with Crippen LogP contribution in [0.4, 0.5) is 5.69 Å².